The van der Waals surface area contributed by atoms with Gasteiger partial charge < -0.3 is 14.4 Å². The molecule has 0 spiro atoms. The SMILES string of the molecule is C=CCN(CC(F)(F)F)C(=O)c1ccc(OC)c(OC)c1. The molecule has 7 heteroatoms. The third kappa shape index (κ3) is 4.70. The Labute approximate surface area is 120 Å². The largest absolute Gasteiger partial charge is 0.493 e. The Morgan fingerprint density at radius 3 is 2.38 bits per heavy atom. The summed E-state index contributed by atoms with van der Waals surface area (Å²) < 4.78 is 47.5. The van der Waals surface area contributed by atoms with E-state index < -0.39 is 18.6 Å². The summed E-state index contributed by atoms with van der Waals surface area (Å²) in [6.45, 7) is 1.82. The highest BCUT2D eigenvalue weighted by Crippen LogP contribution is 2.28. The van der Waals surface area contributed by atoms with Crippen LogP contribution in [0.1, 0.15) is 10.4 Å². The van der Waals surface area contributed by atoms with Gasteiger partial charge in [0.25, 0.3) is 5.91 Å². The molecule has 0 fully saturated rings. The van der Waals surface area contributed by atoms with Crippen molar-refractivity contribution in [3.63, 3.8) is 0 Å². The molecule has 0 aliphatic heterocycles. The summed E-state index contributed by atoms with van der Waals surface area (Å²) in [5.41, 5.74) is 0.0822. The number of carbonyl (C=O) groups is 1. The standard InChI is InChI=1S/C14H16F3NO3/c1-4-7-18(9-14(15,16)17)13(19)10-5-6-11(20-2)12(8-10)21-3/h4-6,8H,1,7,9H2,2-3H3. The molecule has 1 aromatic carbocycles. The van der Waals surface area contributed by atoms with E-state index in [0.29, 0.717) is 10.6 Å². The quantitative estimate of drug-likeness (QED) is 0.759. The number of hydrogen-bond acceptors (Lipinski definition) is 3. The lowest BCUT2D eigenvalue weighted by Gasteiger charge is -2.23. The summed E-state index contributed by atoms with van der Waals surface area (Å²) in [5, 5.41) is 0. The average molecular weight is 303 g/mol. The van der Waals surface area contributed by atoms with Crippen molar-refractivity contribution in [2.45, 2.75) is 6.18 Å². The van der Waals surface area contributed by atoms with Gasteiger partial charge in [0.05, 0.1) is 14.2 Å². The number of alkyl halides is 3. The zero-order valence-electron chi connectivity index (χ0n) is 11.7. The predicted molar refractivity (Wildman–Crippen MR) is 71.7 cm³/mol. The van der Waals surface area contributed by atoms with Crippen molar-refractivity contribution in [2.24, 2.45) is 0 Å². The van der Waals surface area contributed by atoms with E-state index >= 15 is 0 Å². The van der Waals surface area contributed by atoms with Crippen molar-refractivity contribution < 1.29 is 27.4 Å². The molecule has 0 aromatic heterocycles. The molecule has 0 bridgehead atoms. The first-order valence-electron chi connectivity index (χ1n) is 6.01. The maximum Gasteiger partial charge on any atom is 0.406 e. The maximum atomic E-state index is 12.5. The zero-order chi connectivity index (χ0) is 16.0. The normalized spacial score (nSPS) is 10.9. The Hall–Kier alpha value is -2.18. The zero-order valence-corrected chi connectivity index (χ0v) is 11.7. The van der Waals surface area contributed by atoms with Crippen LogP contribution in [0.4, 0.5) is 13.2 Å². The first-order valence-corrected chi connectivity index (χ1v) is 6.01. The topological polar surface area (TPSA) is 38.8 Å². The predicted octanol–water partition coefficient (Wildman–Crippen LogP) is 2.89. The molecule has 0 aliphatic rings. The lowest BCUT2D eigenvalue weighted by Crippen LogP contribution is -2.39. The summed E-state index contributed by atoms with van der Waals surface area (Å²) in [7, 11) is 2.80. The van der Waals surface area contributed by atoms with Crippen LogP contribution in [0.5, 0.6) is 11.5 Å². The first-order chi connectivity index (χ1) is 9.82. The fraction of sp³-hybridized carbons (Fsp3) is 0.357. The molecule has 1 amide bonds. The van der Waals surface area contributed by atoms with Gasteiger partial charge in [0.2, 0.25) is 0 Å². The van der Waals surface area contributed by atoms with Crippen LogP contribution in [-0.2, 0) is 0 Å². The van der Waals surface area contributed by atoms with Crippen LogP contribution < -0.4 is 9.47 Å². The highest BCUT2D eigenvalue weighted by Gasteiger charge is 2.33. The molecule has 0 atom stereocenters. The van der Waals surface area contributed by atoms with Gasteiger partial charge in [0, 0.05) is 12.1 Å². The summed E-state index contributed by atoms with van der Waals surface area (Å²) in [4.78, 5) is 12.8. The third-order valence-corrected chi connectivity index (χ3v) is 2.64. The van der Waals surface area contributed by atoms with Gasteiger partial charge in [-0.25, -0.2) is 0 Å². The number of rotatable bonds is 6. The van der Waals surface area contributed by atoms with E-state index in [1.54, 1.807) is 0 Å². The van der Waals surface area contributed by atoms with Crippen LogP contribution in [-0.4, -0.2) is 44.3 Å². The van der Waals surface area contributed by atoms with Gasteiger partial charge in [0.1, 0.15) is 6.54 Å². The number of nitrogens with zero attached hydrogens (tertiary/aromatic N) is 1. The molecular weight excluding hydrogens is 287 g/mol. The number of ether oxygens (including phenoxy) is 2. The summed E-state index contributed by atoms with van der Waals surface area (Å²) in [6, 6.07) is 4.19. The van der Waals surface area contributed by atoms with Crippen molar-refractivity contribution in [1.29, 1.82) is 0 Å². The Kier molecular flexibility index (Phi) is 5.63. The van der Waals surface area contributed by atoms with Crippen LogP contribution in [0, 0.1) is 0 Å². The minimum Gasteiger partial charge on any atom is -0.493 e. The molecule has 1 aromatic rings. The molecule has 4 nitrogen and oxygen atoms in total. The maximum absolute atomic E-state index is 12.5. The number of benzene rings is 1. The number of halogens is 3. The Bertz CT molecular complexity index is 515. The molecule has 0 N–H and O–H groups in total. The van der Waals surface area contributed by atoms with Gasteiger partial charge in [0.15, 0.2) is 11.5 Å². The highest BCUT2D eigenvalue weighted by atomic mass is 19.4. The second-order valence-electron chi connectivity index (χ2n) is 4.16. The fourth-order valence-corrected chi connectivity index (χ4v) is 1.74. The van der Waals surface area contributed by atoms with Gasteiger partial charge in [-0.2, -0.15) is 13.2 Å². The molecule has 0 saturated carbocycles. The monoisotopic (exact) mass is 303 g/mol. The molecule has 0 heterocycles. The second-order valence-corrected chi connectivity index (χ2v) is 4.16. The van der Waals surface area contributed by atoms with E-state index in [2.05, 4.69) is 6.58 Å². The van der Waals surface area contributed by atoms with E-state index in [1.807, 2.05) is 0 Å². The summed E-state index contributed by atoms with van der Waals surface area (Å²) in [5.74, 6) is -0.0952. The highest BCUT2D eigenvalue weighted by molar-refractivity contribution is 5.95. The van der Waals surface area contributed by atoms with E-state index in [1.165, 1.54) is 38.5 Å². The van der Waals surface area contributed by atoms with Crippen molar-refractivity contribution >= 4 is 5.91 Å². The molecule has 21 heavy (non-hydrogen) atoms. The van der Waals surface area contributed by atoms with Gasteiger partial charge in [-0.1, -0.05) is 6.08 Å². The minimum absolute atomic E-state index is 0.0822. The van der Waals surface area contributed by atoms with Gasteiger partial charge in [-0.3, -0.25) is 4.79 Å². The van der Waals surface area contributed by atoms with Crippen molar-refractivity contribution in [3.05, 3.63) is 36.4 Å². The van der Waals surface area contributed by atoms with Gasteiger partial charge >= 0.3 is 6.18 Å². The van der Waals surface area contributed by atoms with E-state index in [9.17, 15) is 18.0 Å². The van der Waals surface area contributed by atoms with E-state index in [0.717, 1.165) is 0 Å². The smallest absolute Gasteiger partial charge is 0.406 e. The molecule has 0 saturated heterocycles. The molecule has 0 radical (unpaired) electrons. The van der Waals surface area contributed by atoms with E-state index in [-0.39, 0.29) is 17.9 Å². The number of amides is 1. The molecular formula is C14H16F3NO3. The van der Waals surface area contributed by atoms with Gasteiger partial charge in [-0.05, 0) is 18.2 Å². The van der Waals surface area contributed by atoms with Crippen molar-refractivity contribution in [3.8, 4) is 11.5 Å². The average Bonchev–Trinajstić information content (AvgIpc) is 2.43. The van der Waals surface area contributed by atoms with Crippen molar-refractivity contribution in [2.75, 3.05) is 27.3 Å². The van der Waals surface area contributed by atoms with Crippen molar-refractivity contribution in [1.82, 2.24) is 4.90 Å². The Morgan fingerprint density at radius 1 is 1.29 bits per heavy atom. The summed E-state index contributed by atoms with van der Waals surface area (Å²) >= 11 is 0. The van der Waals surface area contributed by atoms with E-state index in [4.69, 9.17) is 9.47 Å². The molecule has 116 valence electrons. The lowest BCUT2D eigenvalue weighted by molar-refractivity contribution is -0.139. The number of methoxy groups -OCH3 is 2. The molecule has 0 unspecified atom stereocenters. The first kappa shape index (κ1) is 16.9. The van der Waals surface area contributed by atoms with Crippen LogP contribution in [0.25, 0.3) is 0 Å². The number of hydrogen-bond donors (Lipinski definition) is 0. The Balaban J connectivity index is 3.06. The Morgan fingerprint density at radius 2 is 1.90 bits per heavy atom. The minimum atomic E-state index is -4.48. The van der Waals surface area contributed by atoms with Crippen LogP contribution in [0.3, 0.4) is 0 Å². The molecule has 0 aliphatic carbocycles. The van der Waals surface area contributed by atoms with Crippen LogP contribution in [0.15, 0.2) is 30.9 Å². The lowest BCUT2D eigenvalue weighted by atomic mass is 10.1. The fourth-order valence-electron chi connectivity index (χ4n) is 1.74. The van der Waals surface area contributed by atoms with Gasteiger partial charge in [-0.15, -0.1) is 6.58 Å². The molecule has 1 rings (SSSR count). The summed E-state index contributed by atoms with van der Waals surface area (Å²) in [6.07, 6.45) is -3.24. The third-order valence-electron chi connectivity index (χ3n) is 2.64. The number of carbonyl (C=O) groups excluding carboxylic acids is 1. The van der Waals surface area contributed by atoms with Crippen LogP contribution in [0.2, 0.25) is 0 Å². The second kappa shape index (κ2) is 7.01. The van der Waals surface area contributed by atoms with Crippen LogP contribution >= 0.6 is 0 Å².